The molecule has 1 aliphatic rings. The van der Waals surface area contributed by atoms with Gasteiger partial charge in [-0.25, -0.2) is 4.79 Å². The van der Waals surface area contributed by atoms with Crippen LogP contribution in [0.4, 0.5) is 5.69 Å². The Morgan fingerprint density at radius 2 is 1.00 bits per heavy atom. The summed E-state index contributed by atoms with van der Waals surface area (Å²) in [7, 11) is 0. The van der Waals surface area contributed by atoms with Crippen LogP contribution in [0.1, 0.15) is 64.2 Å². The van der Waals surface area contributed by atoms with Gasteiger partial charge >= 0.3 is 142 Å². The molecule has 30 heteroatoms. The second-order valence-electron chi connectivity index (χ2n) is 18.1. The Morgan fingerprint density at radius 3 is 1.47 bits per heavy atom. The molecule has 0 saturated carbocycles. The predicted molar refractivity (Wildman–Crippen MR) is 277 cm³/mol. The van der Waals surface area contributed by atoms with E-state index in [0.29, 0.717) is 114 Å². The SMILES string of the molecule is O=C(O)CNC(=O)[C@H](CSCC(=O)Nc1ccc([As](O)O)cc1)NC(=O)CC[C@H](NC(=O)CCCCCNC(=O)CCCCCNC(=O)CN1CCN(CC(O)O)CCN(CC(O)O)CCN(CC(O)O)CC1)C(=O)O. The van der Waals surface area contributed by atoms with E-state index in [1.54, 1.807) is 4.90 Å². The van der Waals surface area contributed by atoms with Crippen molar-refractivity contribution in [3.8, 4) is 0 Å². The molecule has 2 atom stereocenters. The molecule has 0 aromatic heterocycles. The third-order valence-electron chi connectivity index (χ3n) is 11.6. The second-order valence-corrected chi connectivity index (χ2v) is 21.4. The van der Waals surface area contributed by atoms with Gasteiger partial charge in [-0.1, -0.05) is 12.8 Å². The normalized spacial score (nSPS) is 15.4. The van der Waals surface area contributed by atoms with Gasteiger partial charge in [0.1, 0.15) is 12.6 Å². The van der Waals surface area contributed by atoms with Crippen molar-refractivity contribution in [1.82, 2.24) is 46.2 Å². The van der Waals surface area contributed by atoms with Gasteiger partial charge in [-0.05, 0) is 32.1 Å². The summed E-state index contributed by atoms with van der Waals surface area (Å²) in [4.78, 5) is 106. The quantitative estimate of drug-likeness (QED) is 0.0171. The number of carboxylic acid groups (broad SMARTS) is 2. The van der Waals surface area contributed by atoms with Gasteiger partial charge in [-0.15, -0.1) is 0 Å². The van der Waals surface area contributed by atoms with E-state index in [2.05, 4.69) is 31.9 Å². The first-order chi connectivity index (χ1) is 36.1. The summed E-state index contributed by atoms with van der Waals surface area (Å²) < 4.78 is 19.1. The molecule has 1 fully saturated rings. The summed E-state index contributed by atoms with van der Waals surface area (Å²) in [6.45, 7) is 2.99. The first kappa shape index (κ1) is 67.5. The van der Waals surface area contributed by atoms with Crippen molar-refractivity contribution in [3.63, 3.8) is 0 Å². The van der Waals surface area contributed by atoms with Crippen LogP contribution < -0.4 is 36.3 Å². The molecule has 0 spiro atoms. The maximum atomic E-state index is 13.0. The number of hydrogen-bond donors (Lipinski definition) is 16. The minimum Gasteiger partial charge on any atom is -0.480 e. The molecule has 16 N–H and O–H groups in total. The summed E-state index contributed by atoms with van der Waals surface area (Å²) in [5.74, 6) is -6.11. The van der Waals surface area contributed by atoms with Gasteiger partial charge in [0, 0.05) is 104 Å². The fraction of sp³-hybridized carbons (Fsp3) is 0.696. The molecule has 6 amide bonds. The van der Waals surface area contributed by atoms with Gasteiger partial charge in [0.15, 0.2) is 18.9 Å². The van der Waals surface area contributed by atoms with Crippen LogP contribution in [0.2, 0.25) is 0 Å². The Morgan fingerprint density at radius 1 is 0.539 bits per heavy atom. The van der Waals surface area contributed by atoms with Crippen molar-refractivity contribution in [1.29, 1.82) is 0 Å². The Labute approximate surface area is 450 Å². The van der Waals surface area contributed by atoms with Gasteiger partial charge in [-0.2, -0.15) is 0 Å². The smallest absolute Gasteiger partial charge is 0.480 e. The van der Waals surface area contributed by atoms with Crippen LogP contribution in [0, 0.1) is 0 Å². The Balaban J connectivity index is 1.68. The zero-order valence-electron chi connectivity index (χ0n) is 42.7. The van der Waals surface area contributed by atoms with E-state index in [0.717, 1.165) is 11.8 Å². The summed E-state index contributed by atoms with van der Waals surface area (Å²) in [5, 5.41) is 91.7. The molecular formula is C46H79AsN10O18S. The number of aliphatic hydroxyl groups excluding tert-OH is 3. The third kappa shape index (κ3) is 32.9. The van der Waals surface area contributed by atoms with E-state index in [-0.39, 0.29) is 68.8 Å². The summed E-state index contributed by atoms with van der Waals surface area (Å²) in [6, 6.07) is 3.17. The Kier molecular flexibility index (Phi) is 34.5. The molecule has 28 nitrogen and oxygen atoms in total. The van der Waals surface area contributed by atoms with Crippen molar-refractivity contribution in [2.75, 3.05) is 115 Å². The number of thioether (sulfide) groups is 1. The van der Waals surface area contributed by atoms with Crippen LogP contribution in [-0.4, -0.2) is 272 Å². The zero-order chi connectivity index (χ0) is 56.4. The average molecular weight is 1170 g/mol. The third-order valence-corrected chi connectivity index (χ3v) is 14.3. The van der Waals surface area contributed by atoms with Crippen LogP contribution >= 0.6 is 11.8 Å². The number of benzene rings is 1. The zero-order valence-corrected chi connectivity index (χ0v) is 45.4. The standard InChI is InChI=1S/C46H79AsN10O18S/c58-36(7-3-1-6-16-49-39(61)26-54-17-19-55(27-42(65)66)21-23-57(29-44(69)70)24-22-56(20-18-54)28-43(67)68)48-15-5-2-4-8-37(59)52-34(46(72)73)13-14-38(60)53-35(45(71)50-25-41(63)64)30-76-31-40(62)51-33-11-9-32(10-12-33)47(74)75/h9-12,34-35,42-44,65-70,74-75H,1-8,13-31H2,(H,48,58)(H,49,61)(H,50,71)(H,51,62)(H,52,59)(H,53,60)(H,63,64)(H,72,73)/t34-,35-/m0/s1. The molecule has 1 aromatic carbocycles. The summed E-state index contributed by atoms with van der Waals surface area (Å²) >= 11 is -2.12. The molecule has 1 heterocycles. The fourth-order valence-electron chi connectivity index (χ4n) is 7.63. The van der Waals surface area contributed by atoms with Crippen LogP contribution in [-0.2, 0) is 38.4 Å². The van der Waals surface area contributed by atoms with Gasteiger partial charge in [0.2, 0.25) is 17.7 Å². The van der Waals surface area contributed by atoms with E-state index in [1.807, 2.05) is 14.7 Å². The maximum absolute atomic E-state index is 13.0. The Bertz CT molecular complexity index is 1900. The molecule has 0 bridgehead atoms. The van der Waals surface area contributed by atoms with E-state index < -0.39 is 94.8 Å². The number of unbranched alkanes of at least 4 members (excludes halogenated alkanes) is 4. The van der Waals surface area contributed by atoms with Gasteiger partial charge in [-0.3, -0.25) is 43.6 Å². The van der Waals surface area contributed by atoms with E-state index in [1.165, 1.54) is 24.3 Å². The van der Waals surface area contributed by atoms with Crippen LogP contribution in [0.3, 0.4) is 0 Å². The molecule has 1 aliphatic heterocycles. The van der Waals surface area contributed by atoms with Crippen molar-refractivity contribution < 1.29 is 87.4 Å². The number of nitrogens with zero attached hydrogens (tertiary/aromatic N) is 4. The molecule has 0 unspecified atom stereocenters. The number of β-amino-alcohol motifs (C(OH)–C–C–N with tert-alkyl or cyclic N) is 6. The summed E-state index contributed by atoms with van der Waals surface area (Å²) in [6.07, 6.45) is -1.91. The fourth-order valence-corrected chi connectivity index (χ4v) is 9.35. The van der Waals surface area contributed by atoms with Gasteiger partial charge in [0.25, 0.3) is 0 Å². The monoisotopic (exact) mass is 1170 g/mol. The molecule has 1 saturated heterocycles. The van der Waals surface area contributed by atoms with Crippen molar-refractivity contribution >= 4 is 84.5 Å². The van der Waals surface area contributed by atoms with E-state index in [9.17, 15) is 82.3 Å². The molecule has 432 valence electrons. The molecule has 0 radical (unpaired) electrons. The molecule has 1 aromatic rings. The van der Waals surface area contributed by atoms with Crippen molar-refractivity contribution in [3.05, 3.63) is 24.3 Å². The van der Waals surface area contributed by atoms with E-state index in [4.69, 9.17) is 5.11 Å². The number of aliphatic carboxylic acids is 2. The second kappa shape index (κ2) is 38.9. The predicted octanol–water partition coefficient (Wildman–Crippen LogP) is -6.42. The summed E-state index contributed by atoms with van der Waals surface area (Å²) in [5.41, 5.74) is 0.381. The number of anilines is 1. The minimum absolute atomic E-state index is 0.0188. The number of amides is 6. The topological polar surface area (TPSA) is 424 Å². The number of carbonyl (C=O) groups excluding carboxylic acids is 6. The number of nitrogens with one attached hydrogen (secondary N) is 6. The molecule has 0 aliphatic carbocycles. The molecular weight excluding hydrogens is 1090 g/mol. The van der Waals surface area contributed by atoms with E-state index >= 15 is 0 Å². The number of hydrogen-bond acceptors (Lipinski definition) is 21. The molecule has 2 rings (SSSR count). The molecule has 76 heavy (non-hydrogen) atoms. The van der Waals surface area contributed by atoms with Crippen molar-refractivity contribution in [2.24, 2.45) is 0 Å². The van der Waals surface area contributed by atoms with Crippen molar-refractivity contribution in [2.45, 2.75) is 95.2 Å². The number of carbonyl (C=O) groups is 8. The van der Waals surface area contributed by atoms with Gasteiger partial charge < -0.3 is 56.8 Å². The van der Waals surface area contributed by atoms with Crippen LogP contribution in [0.5, 0.6) is 0 Å². The number of aliphatic hydroxyl groups is 6. The van der Waals surface area contributed by atoms with Crippen LogP contribution in [0.25, 0.3) is 0 Å². The number of carboxylic acids is 2. The Hall–Kier alpha value is -4.59. The average Bonchev–Trinajstić information content (AvgIpc) is 3.34. The minimum atomic E-state index is -3.07. The first-order valence-corrected chi connectivity index (χ1v) is 28.8. The van der Waals surface area contributed by atoms with Gasteiger partial charge in [0.05, 0.1) is 6.54 Å². The number of rotatable bonds is 35. The first-order valence-electron chi connectivity index (χ1n) is 25.1. The van der Waals surface area contributed by atoms with Crippen LogP contribution in [0.15, 0.2) is 24.3 Å².